The van der Waals surface area contributed by atoms with Crippen molar-refractivity contribution in [3.05, 3.63) is 24.4 Å². The van der Waals surface area contributed by atoms with E-state index in [1.165, 1.54) is 0 Å². The molecule has 1 amide bonds. The first kappa shape index (κ1) is 15.8. The third kappa shape index (κ3) is 5.34. The zero-order valence-corrected chi connectivity index (χ0v) is 12.9. The van der Waals surface area contributed by atoms with Crippen molar-refractivity contribution in [1.82, 2.24) is 15.2 Å². The van der Waals surface area contributed by atoms with Crippen LogP contribution in [0.4, 0.5) is 5.82 Å². The molecule has 0 unspecified atom stereocenters. The molecule has 1 aliphatic rings. The Kier molecular flexibility index (Phi) is 6.47. The zero-order chi connectivity index (χ0) is 14.9. The van der Waals surface area contributed by atoms with Gasteiger partial charge in [0.15, 0.2) is 0 Å². The van der Waals surface area contributed by atoms with Gasteiger partial charge in [-0.3, -0.25) is 9.69 Å². The van der Waals surface area contributed by atoms with Gasteiger partial charge in [-0.05, 0) is 18.6 Å². The number of anilines is 1. The fourth-order valence-corrected chi connectivity index (χ4v) is 2.49. The predicted octanol–water partition coefficient (Wildman–Crippen LogP) is 1.51. The number of carbonyl (C=O) groups is 1. The summed E-state index contributed by atoms with van der Waals surface area (Å²) in [6.07, 6.45) is 4.62. The summed E-state index contributed by atoms with van der Waals surface area (Å²) in [5.74, 6) is 1.23. The SMILES string of the molecule is CCCCNC(=O)CCN1CCN(c2ccccn2)CC1. The molecule has 116 valence electrons. The zero-order valence-electron chi connectivity index (χ0n) is 12.9. The number of carbonyl (C=O) groups excluding carboxylic acids is 1. The third-order valence-electron chi connectivity index (χ3n) is 3.85. The third-order valence-corrected chi connectivity index (χ3v) is 3.85. The van der Waals surface area contributed by atoms with E-state index in [1.807, 2.05) is 18.3 Å². The molecular weight excluding hydrogens is 264 g/mol. The van der Waals surface area contributed by atoms with Gasteiger partial charge >= 0.3 is 0 Å². The molecule has 0 atom stereocenters. The maximum absolute atomic E-state index is 11.7. The van der Waals surface area contributed by atoms with E-state index in [0.29, 0.717) is 6.42 Å². The van der Waals surface area contributed by atoms with Crippen molar-refractivity contribution in [2.24, 2.45) is 0 Å². The number of unbranched alkanes of at least 4 members (excludes halogenated alkanes) is 1. The molecule has 2 heterocycles. The highest BCUT2D eigenvalue weighted by molar-refractivity contribution is 5.76. The number of piperazine rings is 1. The van der Waals surface area contributed by atoms with Crippen LogP contribution in [0.3, 0.4) is 0 Å². The van der Waals surface area contributed by atoms with Gasteiger partial charge in [-0.15, -0.1) is 0 Å². The first-order valence-corrected chi connectivity index (χ1v) is 7.94. The van der Waals surface area contributed by atoms with Gasteiger partial charge in [0.25, 0.3) is 0 Å². The second kappa shape index (κ2) is 8.62. The quantitative estimate of drug-likeness (QED) is 0.773. The molecule has 0 aliphatic carbocycles. The van der Waals surface area contributed by atoms with E-state index in [-0.39, 0.29) is 5.91 Å². The summed E-state index contributed by atoms with van der Waals surface area (Å²) in [5.41, 5.74) is 0. The van der Waals surface area contributed by atoms with Gasteiger partial charge in [-0.1, -0.05) is 19.4 Å². The van der Waals surface area contributed by atoms with Gasteiger partial charge in [-0.2, -0.15) is 0 Å². The van der Waals surface area contributed by atoms with Crippen LogP contribution >= 0.6 is 0 Å². The van der Waals surface area contributed by atoms with Crippen LogP contribution < -0.4 is 10.2 Å². The van der Waals surface area contributed by atoms with E-state index in [2.05, 4.69) is 33.1 Å². The highest BCUT2D eigenvalue weighted by Gasteiger charge is 2.18. The van der Waals surface area contributed by atoms with Crippen LogP contribution in [0, 0.1) is 0 Å². The normalized spacial score (nSPS) is 16.0. The smallest absolute Gasteiger partial charge is 0.221 e. The molecular formula is C16H26N4O. The van der Waals surface area contributed by atoms with Crippen molar-refractivity contribution < 1.29 is 4.79 Å². The van der Waals surface area contributed by atoms with E-state index < -0.39 is 0 Å². The molecule has 1 saturated heterocycles. The number of pyridine rings is 1. The fraction of sp³-hybridized carbons (Fsp3) is 0.625. The summed E-state index contributed by atoms with van der Waals surface area (Å²) >= 11 is 0. The Labute approximate surface area is 127 Å². The molecule has 1 aromatic heterocycles. The van der Waals surface area contributed by atoms with Crippen molar-refractivity contribution >= 4 is 11.7 Å². The lowest BCUT2D eigenvalue weighted by Crippen LogP contribution is -2.47. The molecule has 0 bridgehead atoms. The van der Waals surface area contributed by atoms with Gasteiger partial charge < -0.3 is 10.2 Å². The van der Waals surface area contributed by atoms with Crippen LogP contribution in [-0.4, -0.2) is 55.1 Å². The number of amides is 1. The second-order valence-electron chi connectivity index (χ2n) is 5.47. The van der Waals surface area contributed by atoms with Crippen LogP contribution in [0.2, 0.25) is 0 Å². The Hall–Kier alpha value is -1.62. The molecule has 1 fully saturated rings. The summed E-state index contributed by atoms with van der Waals surface area (Å²) in [6.45, 7) is 7.75. The highest BCUT2D eigenvalue weighted by Crippen LogP contribution is 2.12. The molecule has 0 radical (unpaired) electrons. The van der Waals surface area contributed by atoms with Gasteiger partial charge in [0.1, 0.15) is 5.82 Å². The molecule has 1 aromatic rings. The van der Waals surface area contributed by atoms with Crippen molar-refractivity contribution in [2.75, 3.05) is 44.2 Å². The lowest BCUT2D eigenvalue weighted by Gasteiger charge is -2.35. The predicted molar refractivity (Wildman–Crippen MR) is 85.4 cm³/mol. The largest absolute Gasteiger partial charge is 0.356 e. The lowest BCUT2D eigenvalue weighted by molar-refractivity contribution is -0.121. The molecule has 5 heteroatoms. The van der Waals surface area contributed by atoms with E-state index in [9.17, 15) is 4.79 Å². The molecule has 0 saturated carbocycles. The molecule has 5 nitrogen and oxygen atoms in total. The maximum Gasteiger partial charge on any atom is 0.221 e. The standard InChI is InChI=1S/C16H26N4O/c1-2-3-8-18-16(21)7-10-19-11-13-20(14-12-19)15-6-4-5-9-17-15/h4-6,9H,2-3,7-8,10-14H2,1H3,(H,18,21). The van der Waals surface area contributed by atoms with Crippen LogP contribution in [0.15, 0.2) is 24.4 Å². The summed E-state index contributed by atoms with van der Waals surface area (Å²) in [4.78, 5) is 20.7. The Balaban J connectivity index is 1.64. The number of aromatic nitrogens is 1. The van der Waals surface area contributed by atoms with Crippen molar-refractivity contribution in [3.63, 3.8) is 0 Å². The van der Waals surface area contributed by atoms with Crippen LogP contribution in [0.1, 0.15) is 26.2 Å². The molecule has 0 aromatic carbocycles. The van der Waals surface area contributed by atoms with Crippen LogP contribution in [0.25, 0.3) is 0 Å². The average Bonchev–Trinajstić information content (AvgIpc) is 2.54. The first-order chi connectivity index (χ1) is 10.3. The van der Waals surface area contributed by atoms with Gasteiger partial charge in [0.2, 0.25) is 5.91 Å². The van der Waals surface area contributed by atoms with Crippen molar-refractivity contribution in [3.8, 4) is 0 Å². The Morgan fingerprint density at radius 2 is 2.10 bits per heavy atom. The van der Waals surface area contributed by atoms with E-state index in [4.69, 9.17) is 0 Å². The molecule has 2 rings (SSSR count). The van der Waals surface area contributed by atoms with Gasteiger partial charge in [0, 0.05) is 51.9 Å². The monoisotopic (exact) mass is 290 g/mol. The molecule has 0 spiro atoms. The minimum atomic E-state index is 0.176. The maximum atomic E-state index is 11.7. The molecule has 21 heavy (non-hydrogen) atoms. The Bertz CT molecular complexity index is 416. The summed E-state index contributed by atoms with van der Waals surface area (Å²) < 4.78 is 0. The van der Waals surface area contributed by atoms with Crippen LogP contribution in [0.5, 0.6) is 0 Å². The highest BCUT2D eigenvalue weighted by atomic mass is 16.1. The molecule has 1 aliphatic heterocycles. The Morgan fingerprint density at radius 1 is 1.29 bits per heavy atom. The summed E-state index contributed by atoms with van der Waals surface area (Å²) in [7, 11) is 0. The topological polar surface area (TPSA) is 48.5 Å². The van der Waals surface area contributed by atoms with Gasteiger partial charge in [0.05, 0.1) is 0 Å². The van der Waals surface area contributed by atoms with E-state index in [0.717, 1.165) is 57.9 Å². The summed E-state index contributed by atoms with van der Waals surface area (Å²) in [6, 6.07) is 6.02. The Morgan fingerprint density at radius 3 is 2.76 bits per heavy atom. The number of nitrogens with zero attached hydrogens (tertiary/aromatic N) is 3. The molecule has 1 N–H and O–H groups in total. The minimum Gasteiger partial charge on any atom is -0.356 e. The summed E-state index contributed by atoms with van der Waals surface area (Å²) in [5, 5.41) is 2.97. The number of nitrogens with one attached hydrogen (secondary N) is 1. The van der Waals surface area contributed by atoms with Crippen molar-refractivity contribution in [2.45, 2.75) is 26.2 Å². The lowest BCUT2D eigenvalue weighted by atomic mass is 10.2. The minimum absolute atomic E-state index is 0.176. The van der Waals surface area contributed by atoms with E-state index >= 15 is 0 Å². The fourth-order valence-electron chi connectivity index (χ4n) is 2.49. The number of hydrogen-bond donors (Lipinski definition) is 1. The van der Waals surface area contributed by atoms with Crippen LogP contribution in [-0.2, 0) is 4.79 Å². The van der Waals surface area contributed by atoms with E-state index in [1.54, 1.807) is 0 Å². The average molecular weight is 290 g/mol. The van der Waals surface area contributed by atoms with Crippen molar-refractivity contribution in [1.29, 1.82) is 0 Å². The first-order valence-electron chi connectivity index (χ1n) is 7.94. The number of rotatable bonds is 7. The second-order valence-corrected chi connectivity index (χ2v) is 5.47. The van der Waals surface area contributed by atoms with Gasteiger partial charge in [-0.25, -0.2) is 4.98 Å². The number of hydrogen-bond acceptors (Lipinski definition) is 4.